The molecule has 2 bridgehead atoms. The summed E-state index contributed by atoms with van der Waals surface area (Å²) in [5.41, 5.74) is 1.31. The quantitative estimate of drug-likeness (QED) is 0.0970. The van der Waals surface area contributed by atoms with Gasteiger partial charge in [-0.2, -0.15) is 0 Å². The van der Waals surface area contributed by atoms with E-state index in [2.05, 4.69) is 16.0 Å². The summed E-state index contributed by atoms with van der Waals surface area (Å²) >= 11 is 0. The Labute approximate surface area is 528 Å². The fourth-order valence-electron chi connectivity index (χ4n) is 11.1. The number of nitrogens with one attached hydrogen (secondary N) is 3. The Balaban J connectivity index is 1.34. The van der Waals surface area contributed by atoms with E-state index in [4.69, 9.17) is 18.9 Å². The Bertz CT molecular complexity index is 3200. The number of amides is 7. The van der Waals surface area contributed by atoms with Crippen molar-refractivity contribution in [2.75, 3.05) is 60.4 Å². The number of carbonyl (C=O) groups excluding carboxylic acids is 10. The molecule has 7 amide bonds. The lowest BCUT2D eigenvalue weighted by molar-refractivity contribution is -0.165. The monoisotopic (exact) mass is 1240 g/mol. The van der Waals surface area contributed by atoms with Gasteiger partial charge in [-0.15, -0.1) is 0 Å². The topological polar surface area (TPSA) is 257 Å². The molecule has 0 radical (unpaired) electrons. The lowest BCUT2D eigenvalue weighted by Crippen LogP contribution is -2.59. The number of aryl methyl sites for hydroxylation is 1. The highest BCUT2D eigenvalue weighted by Gasteiger charge is 2.43. The lowest BCUT2D eigenvalue weighted by Gasteiger charge is -2.36. The maximum absolute atomic E-state index is 15.0. The highest BCUT2D eigenvalue weighted by molar-refractivity contribution is 6.38. The number of rotatable bonds is 11. The number of Topliss-reactive ketones (excluding diaryl/α,β-unsaturated/α-hetero) is 1. The molecular weight excluding hydrogens is 1150 g/mol. The Morgan fingerprint density at radius 3 is 2.03 bits per heavy atom. The van der Waals surface area contributed by atoms with Gasteiger partial charge in [0.05, 0.1) is 19.6 Å². The highest BCUT2D eigenvalue weighted by Crippen LogP contribution is 2.33. The number of anilines is 1. The second-order valence-corrected chi connectivity index (χ2v) is 24.5. The molecule has 4 aromatic rings. The van der Waals surface area contributed by atoms with Crippen molar-refractivity contribution in [1.82, 2.24) is 30.2 Å². The van der Waals surface area contributed by atoms with Crippen molar-refractivity contribution < 1.29 is 66.9 Å². The van der Waals surface area contributed by atoms with E-state index in [9.17, 15) is 47.9 Å². The van der Waals surface area contributed by atoms with E-state index in [1.165, 1.54) is 67.8 Å². The fourth-order valence-corrected chi connectivity index (χ4v) is 11.1. The zero-order valence-electron chi connectivity index (χ0n) is 53.8. The molecular formula is C69H89N7O14. The predicted molar refractivity (Wildman–Crippen MR) is 338 cm³/mol. The standard InChI is InChI=1S/C69H89N7O14/c1-44(2)39-53-63(81)71-51(40-46-23-14-12-15-24-46)65(83)75(9)61(45(3)4)64(82)72-60(48-25-16-13-17-26-48)66(84)73(7)37-20-19-30-59(79)89-43-69(5,6)62(80)67(85)76-38-21-18-29-52(76)68(86)90-54(33-31-47-32-34-55(87-10)56(41-47)88-11)49-27-22-28-50(42-49)70-57(77)35-36-58(78)74(53)8/h12-17,19,22-28,30,32,34,41-42,44-45,51-54,60-61H,18,20-21,29,31,33,35-40,43H2,1-11H3,(H,70,77)(H,71,81)(H,72,82)/b30-19-/t51-,52+,53+,54-,60+,61+/m1/s1. The molecule has 0 aromatic heterocycles. The van der Waals surface area contributed by atoms with Gasteiger partial charge in [-0.3, -0.25) is 38.4 Å². The number of nitrogens with zero attached hydrogens (tertiary/aromatic N) is 4. The molecule has 0 spiro atoms. The smallest absolute Gasteiger partial charge is 0.330 e. The van der Waals surface area contributed by atoms with Crippen LogP contribution in [-0.4, -0.2) is 158 Å². The number of hydrogen-bond acceptors (Lipinski definition) is 14. The first-order valence-corrected chi connectivity index (χ1v) is 30.8. The van der Waals surface area contributed by atoms with Crippen molar-refractivity contribution in [2.24, 2.45) is 17.3 Å². The van der Waals surface area contributed by atoms with Crippen molar-refractivity contribution in [1.29, 1.82) is 0 Å². The van der Waals surface area contributed by atoms with E-state index in [0.717, 1.165) is 11.6 Å². The third-order valence-corrected chi connectivity index (χ3v) is 16.3. The molecule has 2 aliphatic heterocycles. The molecule has 21 nitrogen and oxygen atoms in total. The Morgan fingerprint density at radius 1 is 0.689 bits per heavy atom. The number of esters is 2. The van der Waals surface area contributed by atoms with Crippen LogP contribution in [0.3, 0.4) is 0 Å². The summed E-state index contributed by atoms with van der Waals surface area (Å²) in [6, 6.07) is 24.0. The summed E-state index contributed by atoms with van der Waals surface area (Å²) in [7, 11) is 7.54. The molecule has 2 heterocycles. The molecule has 3 N–H and O–H groups in total. The van der Waals surface area contributed by atoms with Gasteiger partial charge in [0.1, 0.15) is 42.9 Å². The van der Waals surface area contributed by atoms with Crippen molar-refractivity contribution in [3.8, 4) is 11.5 Å². The minimum atomic E-state index is -1.52. The number of ether oxygens (including phenoxy) is 4. The molecule has 0 saturated carbocycles. The summed E-state index contributed by atoms with van der Waals surface area (Å²) in [6.07, 6.45) is 3.41. The molecule has 6 atom stereocenters. The van der Waals surface area contributed by atoms with Gasteiger partial charge in [0.25, 0.3) is 5.91 Å². The molecule has 1 saturated heterocycles. The highest BCUT2D eigenvalue weighted by atomic mass is 16.5. The van der Waals surface area contributed by atoms with Gasteiger partial charge in [0.2, 0.25) is 41.2 Å². The molecule has 21 heteroatoms. The molecule has 6 rings (SSSR count). The number of cyclic esters (lactones) is 2. The minimum absolute atomic E-state index is 0.0244. The number of likely N-dealkylation sites (N-methyl/N-ethyl adjacent to an activating group) is 3. The van der Waals surface area contributed by atoms with Crippen molar-refractivity contribution >= 4 is 64.8 Å². The Hall–Kier alpha value is -8.88. The average Bonchev–Trinajstić information content (AvgIpc) is 0.976. The largest absolute Gasteiger partial charge is 0.493 e. The van der Waals surface area contributed by atoms with Crippen LogP contribution in [0.1, 0.15) is 127 Å². The van der Waals surface area contributed by atoms with Crippen LogP contribution < -0.4 is 25.4 Å². The molecule has 4 aromatic carbocycles. The van der Waals surface area contributed by atoms with E-state index >= 15 is 0 Å². The van der Waals surface area contributed by atoms with Crippen LogP contribution in [0.2, 0.25) is 0 Å². The minimum Gasteiger partial charge on any atom is -0.493 e. The number of hydrogen-bond donors (Lipinski definition) is 3. The van der Waals surface area contributed by atoms with Gasteiger partial charge in [0.15, 0.2) is 11.5 Å². The third kappa shape index (κ3) is 19.3. The van der Waals surface area contributed by atoms with Gasteiger partial charge >= 0.3 is 11.9 Å². The number of benzene rings is 4. The van der Waals surface area contributed by atoms with Gasteiger partial charge in [-0.1, -0.05) is 113 Å². The van der Waals surface area contributed by atoms with E-state index < -0.39 is 113 Å². The average molecular weight is 1240 g/mol. The van der Waals surface area contributed by atoms with Gasteiger partial charge in [-0.05, 0) is 117 Å². The summed E-state index contributed by atoms with van der Waals surface area (Å²) in [4.78, 5) is 148. The SMILES string of the molecule is COc1ccc(CC[C@H]2OC(=O)[C@@H]3CCCCN3C(=O)C(=O)C(C)(C)COC(=O)/C=C\CCN(C)C(=O)[C@H](c3ccccc3)NC(=O)[C@H](C(C)C)N(C)C(=O)[C@@H](Cc3ccccc3)NC(=O)[C@H](CC(C)C)N(C)C(=O)CCC(=O)Nc3cccc2c3)cc1OC. The summed E-state index contributed by atoms with van der Waals surface area (Å²) in [5, 5.41) is 8.71. The van der Waals surface area contributed by atoms with Gasteiger partial charge < -0.3 is 54.5 Å². The summed E-state index contributed by atoms with van der Waals surface area (Å²) < 4.78 is 22.8. The van der Waals surface area contributed by atoms with E-state index in [1.807, 2.05) is 44.2 Å². The van der Waals surface area contributed by atoms with Crippen LogP contribution in [0.25, 0.3) is 0 Å². The lowest BCUT2D eigenvalue weighted by atomic mass is 9.87. The van der Waals surface area contributed by atoms with Gasteiger partial charge in [-0.25, -0.2) is 9.59 Å². The van der Waals surface area contributed by atoms with E-state index in [1.54, 1.807) is 93.7 Å². The van der Waals surface area contributed by atoms with Crippen molar-refractivity contribution in [2.45, 2.75) is 142 Å². The molecule has 2 aliphatic rings. The summed E-state index contributed by atoms with van der Waals surface area (Å²) in [6.45, 7) is 9.96. The molecule has 1 fully saturated rings. The van der Waals surface area contributed by atoms with Crippen LogP contribution in [0, 0.1) is 17.3 Å². The number of ketones is 1. The number of methoxy groups -OCH3 is 2. The first kappa shape index (κ1) is 70.2. The third-order valence-electron chi connectivity index (χ3n) is 16.3. The molecule has 90 heavy (non-hydrogen) atoms. The molecule has 0 unspecified atom stereocenters. The maximum atomic E-state index is 15.0. The number of piperidine rings is 1. The van der Waals surface area contributed by atoms with Crippen LogP contribution in [0.4, 0.5) is 5.69 Å². The second-order valence-electron chi connectivity index (χ2n) is 24.5. The predicted octanol–water partition coefficient (Wildman–Crippen LogP) is 7.52. The van der Waals surface area contributed by atoms with Crippen molar-refractivity contribution in [3.63, 3.8) is 0 Å². The van der Waals surface area contributed by atoms with E-state index in [-0.39, 0.29) is 64.0 Å². The summed E-state index contributed by atoms with van der Waals surface area (Å²) in [5.74, 6) is -6.36. The Morgan fingerprint density at radius 2 is 1.37 bits per heavy atom. The zero-order valence-corrected chi connectivity index (χ0v) is 53.8. The zero-order chi connectivity index (χ0) is 65.8. The van der Waals surface area contributed by atoms with Crippen LogP contribution in [-0.2, 0) is 70.3 Å². The van der Waals surface area contributed by atoms with Gasteiger partial charge in [0, 0.05) is 65.3 Å². The Kier molecular flexibility index (Phi) is 25.8. The number of fused-ring (bicyclic) bond motifs is 3. The molecule has 484 valence electrons. The maximum Gasteiger partial charge on any atom is 0.330 e. The van der Waals surface area contributed by atoms with Crippen LogP contribution in [0.15, 0.2) is 115 Å². The first-order chi connectivity index (χ1) is 42.8. The van der Waals surface area contributed by atoms with E-state index in [0.29, 0.717) is 53.1 Å². The van der Waals surface area contributed by atoms with Crippen LogP contribution in [0.5, 0.6) is 11.5 Å². The normalized spacial score (nSPS) is 22.7. The first-order valence-electron chi connectivity index (χ1n) is 30.8. The molecule has 0 aliphatic carbocycles. The fraction of sp³-hybridized carbons (Fsp3) is 0.478. The van der Waals surface area contributed by atoms with Crippen LogP contribution >= 0.6 is 0 Å². The van der Waals surface area contributed by atoms with Crippen molar-refractivity contribution in [3.05, 3.63) is 138 Å². The number of carbonyl (C=O) groups is 10. The second kappa shape index (κ2) is 33.1.